The SMILES string of the molecule is C=C(/C=C/CC)CC/C=C(\C)CCC=C(C)C. The van der Waals surface area contributed by atoms with Gasteiger partial charge in [0.2, 0.25) is 0 Å². The summed E-state index contributed by atoms with van der Waals surface area (Å²) in [5, 5.41) is 0. The molecule has 0 rings (SSSR count). The van der Waals surface area contributed by atoms with Gasteiger partial charge in [-0.05, 0) is 52.9 Å². The van der Waals surface area contributed by atoms with Crippen LogP contribution in [0.4, 0.5) is 0 Å². The van der Waals surface area contributed by atoms with Crippen molar-refractivity contribution >= 4 is 0 Å². The number of rotatable bonds is 8. The monoisotopic (exact) mass is 232 g/mol. The summed E-state index contributed by atoms with van der Waals surface area (Å²) in [7, 11) is 0. The molecule has 96 valence electrons. The van der Waals surface area contributed by atoms with Gasteiger partial charge in [-0.3, -0.25) is 0 Å². The second-order valence-electron chi connectivity index (χ2n) is 4.88. The predicted octanol–water partition coefficient (Wildman–Crippen LogP) is 5.98. The summed E-state index contributed by atoms with van der Waals surface area (Å²) in [6.07, 6.45) is 14.6. The molecule has 0 aliphatic heterocycles. The highest BCUT2D eigenvalue weighted by Crippen LogP contribution is 2.11. The van der Waals surface area contributed by atoms with Crippen molar-refractivity contribution in [2.24, 2.45) is 0 Å². The van der Waals surface area contributed by atoms with Crippen LogP contribution < -0.4 is 0 Å². The van der Waals surface area contributed by atoms with Gasteiger partial charge in [0.05, 0.1) is 0 Å². The highest BCUT2D eigenvalue weighted by atomic mass is 14.0. The van der Waals surface area contributed by atoms with E-state index in [4.69, 9.17) is 0 Å². The van der Waals surface area contributed by atoms with E-state index in [9.17, 15) is 0 Å². The first-order chi connectivity index (χ1) is 8.06. The molecule has 0 amide bonds. The lowest BCUT2D eigenvalue weighted by molar-refractivity contribution is 0.928. The van der Waals surface area contributed by atoms with Gasteiger partial charge >= 0.3 is 0 Å². The third kappa shape index (κ3) is 11.2. The van der Waals surface area contributed by atoms with Gasteiger partial charge in [-0.2, -0.15) is 0 Å². The van der Waals surface area contributed by atoms with Crippen LogP contribution in [0.2, 0.25) is 0 Å². The zero-order chi connectivity index (χ0) is 13.1. The maximum absolute atomic E-state index is 4.05. The molecule has 0 bridgehead atoms. The summed E-state index contributed by atoms with van der Waals surface area (Å²) >= 11 is 0. The van der Waals surface area contributed by atoms with Gasteiger partial charge in [0.15, 0.2) is 0 Å². The molecule has 0 aromatic rings. The molecule has 0 unspecified atom stereocenters. The van der Waals surface area contributed by atoms with Crippen LogP contribution in [0, 0.1) is 0 Å². The summed E-state index contributed by atoms with van der Waals surface area (Å²) < 4.78 is 0. The van der Waals surface area contributed by atoms with Gasteiger partial charge in [-0.25, -0.2) is 0 Å². The van der Waals surface area contributed by atoms with Crippen LogP contribution in [0.15, 0.2) is 47.6 Å². The standard InChI is InChI=1S/C17H28/c1-6-7-11-16(4)13-9-14-17(5)12-8-10-15(2)3/h7,10-11,14H,4,6,8-9,12-13H2,1-3,5H3/b11-7+,17-14+. The van der Waals surface area contributed by atoms with E-state index in [1.165, 1.54) is 29.6 Å². The van der Waals surface area contributed by atoms with Crippen LogP contribution in [0.3, 0.4) is 0 Å². The normalized spacial score (nSPS) is 11.9. The maximum Gasteiger partial charge on any atom is -0.0250 e. The molecule has 0 heteroatoms. The molecule has 0 nitrogen and oxygen atoms in total. The van der Waals surface area contributed by atoms with Crippen molar-refractivity contribution in [1.29, 1.82) is 0 Å². The average Bonchev–Trinajstić information content (AvgIpc) is 2.25. The first-order valence-electron chi connectivity index (χ1n) is 6.69. The minimum Gasteiger partial charge on any atom is -0.0958 e. The Bertz CT molecular complexity index is 296. The van der Waals surface area contributed by atoms with Crippen molar-refractivity contribution in [3.05, 3.63) is 47.6 Å². The average molecular weight is 232 g/mol. The zero-order valence-electron chi connectivity index (χ0n) is 12.1. The highest BCUT2D eigenvalue weighted by molar-refractivity contribution is 5.15. The maximum atomic E-state index is 4.05. The van der Waals surface area contributed by atoms with Gasteiger partial charge in [-0.1, -0.05) is 54.5 Å². The Morgan fingerprint density at radius 2 is 1.65 bits per heavy atom. The Labute approximate surface area is 108 Å². The van der Waals surface area contributed by atoms with Crippen molar-refractivity contribution in [3.8, 4) is 0 Å². The quantitative estimate of drug-likeness (QED) is 0.356. The summed E-state index contributed by atoms with van der Waals surface area (Å²) in [5.74, 6) is 0. The second kappa shape index (κ2) is 10.1. The van der Waals surface area contributed by atoms with Crippen molar-refractivity contribution in [2.45, 2.75) is 59.8 Å². The second-order valence-corrected chi connectivity index (χ2v) is 4.88. The number of hydrogen-bond donors (Lipinski definition) is 0. The minimum atomic E-state index is 1.08. The fraction of sp³-hybridized carbons (Fsp3) is 0.529. The Balaban J connectivity index is 3.80. The molecule has 0 spiro atoms. The van der Waals surface area contributed by atoms with Crippen molar-refractivity contribution in [2.75, 3.05) is 0 Å². The van der Waals surface area contributed by atoms with E-state index in [1.807, 2.05) is 0 Å². The van der Waals surface area contributed by atoms with Crippen LogP contribution in [-0.2, 0) is 0 Å². The summed E-state index contributed by atoms with van der Waals surface area (Å²) in [4.78, 5) is 0. The van der Waals surface area contributed by atoms with E-state index >= 15 is 0 Å². The van der Waals surface area contributed by atoms with E-state index in [0.29, 0.717) is 0 Å². The summed E-state index contributed by atoms with van der Waals surface area (Å²) in [5.41, 5.74) is 4.14. The molecule has 0 saturated heterocycles. The third-order valence-corrected chi connectivity index (χ3v) is 2.64. The lowest BCUT2D eigenvalue weighted by Gasteiger charge is -2.00. The Hall–Kier alpha value is -1.04. The molecular weight excluding hydrogens is 204 g/mol. The Morgan fingerprint density at radius 1 is 1.00 bits per heavy atom. The molecule has 17 heavy (non-hydrogen) atoms. The molecule has 0 aromatic carbocycles. The Kier molecular flexibility index (Phi) is 9.52. The Morgan fingerprint density at radius 3 is 2.24 bits per heavy atom. The van der Waals surface area contributed by atoms with E-state index < -0.39 is 0 Å². The first kappa shape index (κ1) is 16.0. The third-order valence-electron chi connectivity index (χ3n) is 2.64. The molecule has 0 aromatic heterocycles. The summed E-state index contributed by atoms with van der Waals surface area (Å²) in [6.45, 7) is 12.7. The fourth-order valence-corrected chi connectivity index (χ4v) is 1.56. The van der Waals surface area contributed by atoms with Crippen LogP contribution >= 0.6 is 0 Å². The minimum absolute atomic E-state index is 1.08. The van der Waals surface area contributed by atoms with Gasteiger partial charge < -0.3 is 0 Å². The molecule has 0 N–H and O–H groups in total. The van der Waals surface area contributed by atoms with Gasteiger partial charge in [0, 0.05) is 0 Å². The molecular formula is C17H28. The van der Waals surface area contributed by atoms with Crippen LogP contribution in [0.1, 0.15) is 59.8 Å². The molecule has 0 fully saturated rings. The molecule has 0 aliphatic rings. The zero-order valence-corrected chi connectivity index (χ0v) is 12.1. The van der Waals surface area contributed by atoms with Crippen molar-refractivity contribution < 1.29 is 0 Å². The first-order valence-corrected chi connectivity index (χ1v) is 6.69. The molecule has 0 saturated carbocycles. The van der Waals surface area contributed by atoms with Gasteiger partial charge in [-0.15, -0.1) is 0 Å². The van der Waals surface area contributed by atoms with E-state index in [1.54, 1.807) is 0 Å². The van der Waals surface area contributed by atoms with Crippen LogP contribution in [0.25, 0.3) is 0 Å². The van der Waals surface area contributed by atoms with Crippen molar-refractivity contribution in [3.63, 3.8) is 0 Å². The predicted molar refractivity (Wildman–Crippen MR) is 80.2 cm³/mol. The van der Waals surface area contributed by atoms with Crippen molar-refractivity contribution in [1.82, 2.24) is 0 Å². The number of hydrogen-bond acceptors (Lipinski definition) is 0. The van der Waals surface area contributed by atoms with Crippen LogP contribution in [-0.4, -0.2) is 0 Å². The largest absolute Gasteiger partial charge is 0.0958 e. The molecule has 0 heterocycles. The van der Waals surface area contributed by atoms with E-state index in [0.717, 1.165) is 19.3 Å². The molecule has 0 aliphatic carbocycles. The topological polar surface area (TPSA) is 0 Å². The smallest absolute Gasteiger partial charge is 0.0250 e. The molecule has 0 atom stereocenters. The lowest BCUT2D eigenvalue weighted by Crippen LogP contribution is -1.80. The molecule has 0 radical (unpaired) electrons. The lowest BCUT2D eigenvalue weighted by atomic mass is 10.1. The highest BCUT2D eigenvalue weighted by Gasteiger charge is 1.91. The summed E-state index contributed by atoms with van der Waals surface area (Å²) in [6, 6.07) is 0. The van der Waals surface area contributed by atoms with Gasteiger partial charge in [0.25, 0.3) is 0 Å². The van der Waals surface area contributed by atoms with Crippen LogP contribution in [0.5, 0.6) is 0 Å². The van der Waals surface area contributed by atoms with E-state index in [-0.39, 0.29) is 0 Å². The van der Waals surface area contributed by atoms with Gasteiger partial charge in [0.1, 0.15) is 0 Å². The number of allylic oxidation sites excluding steroid dienone is 7. The fourth-order valence-electron chi connectivity index (χ4n) is 1.56. The van der Waals surface area contributed by atoms with E-state index in [2.05, 4.69) is 58.6 Å².